The highest BCUT2D eigenvalue weighted by Crippen LogP contribution is 2.40. The lowest BCUT2D eigenvalue weighted by Gasteiger charge is -2.26. The largest absolute Gasteiger partial charge is 0.464 e. The Morgan fingerprint density at radius 3 is 3.00 bits per heavy atom. The fraction of sp³-hybridized carbons (Fsp3) is 0.462. The first-order valence-electron chi connectivity index (χ1n) is 5.71. The molecule has 1 N–H and O–H groups in total. The zero-order valence-corrected chi connectivity index (χ0v) is 9.65. The summed E-state index contributed by atoms with van der Waals surface area (Å²) in [5, 5.41) is 10.3. The lowest BCUT2D eigenvalue weighted by Crippen LogP contribution is -2.41. The maximum atomic E-state index is 14.0. The molecule has 0 aromatic heterocycles. The molecule has 0 radical (unpaired) electrons. The molecular formula is C13H15FO3. The fourth-order valence-corrected chi connectivity index (χ4v) is 2.29. The average molecular weight is 238 g/mol. The predicted octanol–water partition coefficient (Wildman–Crippen LogP) is 1.72. The van der Waals surface area contributed by atoms with E-state index in [0.717, 1.165) is 5.56 Å². The molecule has 0 fully saturated rings. The van der Waals surface area contributed by atoms with Gasteiger partial charge in [-0.25, -0.2) is 9.18 Å². The van der Waals surface area contributed by atoms with Gasteiger partial charge in [0, 0.05) is 0 Å². The lowest BCUT2D eigenvalue weighted by atomic mass is 9.91. The van der Waals surface area contributed by atoms with Crippen LogP contribution in [0.25, 0.3) is 0 Å². The van der Waals surface area contributed by atoms with Gasteiger partial charge >= 0.3 is 5.97 Å². The van der Waals surface area contributed by atoms with Crippen molar-refractivity contribution in [3.8, 4) is 0 Å². The molecule has 0 unspecified atom stereocenters. The molecule has 2 atom stereocenters. The van der Waals surface area contributed by atoms with Gasteiger partial charge in [0.2, 0.25) is 6.17 Å². The van der Waals surface area contributed by atoms with Crippen molar-refractivity contribution in [2.75, 3.05) is 6.61 Å². The van der Waals surface area contributed by atoms with Gasteiger partial charge in [-0.15, -0.1) is 0 Å². The Balaban J connectivity index is 2.29. The van der Waals surface area contributed by atoms with Crippen molar-refractivity contribution in [1.82, 2.24) is 0 Å². The van der Waals surface area contributed by atoms with Gasteiger partial charge in [0.25, 0.3) is 0 Å². The molecule has 0 aliphatic heterocycles. The molecule has 4 heteroatoms. The Morgan fingerprint density at radius 2 is 2.29 bits per heavy atom. The lowest BCUT2D eigenvalue weighted by molar-refractivity contribution is -0.161. The summed E-state index contributed by atoms with van der Waals surface area (Å²) in [6, 6.07) is 7.06. The van der Waals surface area contributed by atoms with Gasteiger partial charge in [-0.1, -0.05) is 24.3 Å². The van der Waals surface area contributed by atoms with E-state index < -0.39 is 17.7 Å². The van der Waals surface area contributed by atoms with E-state index in [9.17, 15) is 14.3 Å². The molecule has 1 aromatic carbocycles. The Morgan fingerprint density at radius 1 is 1.59 bits per heavy atom. The van der Waals surface area contributed by atoms with Crippen LogP contribution in [0, 0.1) is 0 Å². The SMILES string of the molecule is CCOC(=O)[C@@H](F)[C@]1(O)CCc2ccccc21. The summed E-state index contributed by atoms with van der Waals surface area (Å²) in [5.74, 6) is -0.994. The van der Waals surface area contributed by atoms with Crippen molar-refractivity contribution < 1.29 is 19.0 Å². The highest BCUT2D eigenvalue weighted by Gasteiger charge is 2.48. The molecule has 2 rings (SSSR count). The summed E-state index contributed by atoms with van der Waals surface area (Å²) in [4.78, 5) is 11.4. The summed E-state index contributed by atoms with van der Waals surface area (Å²) < 4.78 is 18.6. The molecule has 1 aromatic rings. The van der Waals surface area contributed by atoms with Crippen molar-refractivity contribution in [2.45, 2.75) is 31.5 Å². The normalized spacial score (nSPS) is 24.2. The van der Waals surface area contributed by atoms with E-state index in [1.54, 1.807) is 19.1 Å². The van der Waals surface area contributed by atoms with E-state index in [1.807, 2.05) is 12.1 Å². The van der Waals surface area contributed by atoms with Crippen LogP contribution in [0.3, 0.4) is 0 Å². The number of fused-ring (bicyclic) bond motifs is 1. The second-order valence-corrected chi connectivity index (χ2v) is 4.20. The summed E-state index contributed by atoms with van der Waals surface area (Å²) in [6.07, 6.45) is -1.23. The number of ether oxygens (including phenoxy) is 1. The van der Waals surface area contributed by atoms with Crippen LogP contribution < -0.4 is 0 Å². The topological polar surface area (TPSA) is 46.5 Å². The molecule has 3 nitrogen and oxygen atoms in total. The van der Waals surface area contributed by atoms with Gasteiger partial charge in [-0.05, 0) is 30.9 Å². The number of carbonyl (C=O) groups excluding carboxylic acids is 1. The third-order valence-corrected chi connectivity index (χ3v) is 3.17. The van der Waals surface area contributed by atoms with Gasteiger partial charge in [0.1, 0.15) is 5.60 Å². The minimum absolute atomic E-state index is 0.108. The third-order valence-electron chi connectivity index (χ3n) is 3.17. The number of alkyl halides is 1. The van der Waals surface area contributed by atoms with E-state index in [2.05, 4.69) is 4.74 Å². The quantitative estimate of drug-likeness (QED) is 0.816. The van der Waals surface area contributed by atoms with Gasteiger partial charge in [0.15, 0.2) is 0 Å². The van der Waals surface area contributed by atoms with Gasteiger partial charge in [-0.2, -0.15) is 0 Å². The van der Waals surface area contributed by atoms with Crippen molar-refractivity contribution in [2.24, 2.45) is 0 Å². The van der Waals surface area contributed by atoms with Gasteiger partial charge in [-0.3, -0.25) is 0 Å². The summed E-state index contributed by atoms with van der Waals surface area (Å²) in [7, 11) is 0. The van der Waals surface area contributed by atoms with Crippen molar-refractivity contribution in [3.63, 3.8) is 0 Å². The number of hydrogen-bond acceptors (Lipinski definition) is 3. The first-order valence-corrected chi connectivity index (χ1v) is 5.71. The van der Waals surface area contributed by atoms with Crippen LogP contribution in [0.4, 0.5) is 4.39 Å². The minimum atomic E-state index is -2.02. The number of benzene rings is 1. The van der Waals surface area contributed by atoms with Crippen LogP contribution in [-0.2, 0) is 21.6 Å². The maximum absolute atomic E-state index is 14.0. The van der Waals surface area contributed by atoms with E-state index in [1.165, 1.54) is 0 Å². The first kappa shape index (κ1) is 12.0. The number of hydrogen-bond donors (Lipinski definition) is 1. The van der Waals surface area contributed by atoms with Crippen molar-refractivity contribution in [1.29, 1.82) is 0 Å². The second-order valence-electron chi connectivity index (χ2n) is 4.20. The molecule has 1 aliphatic rings. The molecule has 0 heterocycles. The zero-order valence-electron chi connectivity index (χ0n) is 9.65. The predicted molar refractivity (Wildman–Crippen MR) is 60.2 cm³/mol. The van der Waals surface area contributed by atoms with Crippen molar-refractivity contribution >= 4 is 5.97 Å². The Kier molecular flexibility index (Phi) is 3.15. The molecule has 17 heavy (non-hydrogen) atoms. The average Bonchev–Trinajstić information content (AvgIpc) is 2.68. The zero-order chi connectivity index (χ0) is 12.5. The van der Waals surface area contributed by atoms with Crippen LogP contribution >= 0.6 is 0 Å². The summed E-state index contributed by atoms with van der Waals surface area (Å²) in [6.45, 7) is 1.72. The molecular weight excluding hydrogens is 223 g/mol. The van der Waals surface area contributed by atoms with E-state index in [4.69, 9.17) is 0 Å². The molecule has 92 valence electrons. The molecule has 0 amide bonds. The molecule has 0 spiro atoms. The first-order chi connectivity index (χ1) is 8.09. The van der Waals surface area contributed by atoms with E-state index >= 15 is 0 Å². The molecule has 1 aliphatic carbocycles. The van der Waals surface area contributed by atoms with E-state index in [-0.39, 0.29) is 13.0 Å². The number of halogens is 1. The van der Waals surface area contributed by atoms with E-state index in [0.29, 0.717) is 12.0 Å². The van der Waals surface area contributed by atoms with Crippen LogP contribution in [0.15, 0.2) is 24.3 Å². The van der Waals surface area contributed by atoms with Crippen LogP contribution in [0.5, 0.6) is 0 Å². The minimum Gasteiger partial charge on any atom is -0.464 e. The number of rotatable bonds is 3. The van der Waals surface area contributed by atoms with Crippen LogP contribution in [0.1, 0.15) is 24.5 Å². The molecule has 0 saturated carbocycles. The fourth-order valence-electron chi connectivity index (χ4n) is 2.29. The number of aliphatic hydroxyl groups is 1. The standard InChI is InChI=1S/C13H15FO3/c1-2-17-12(15)11(14)13(16)8-7-9-5-3-4-6-10(9)13/h3-6,11,16H,2,7-8H2,1H3/t11-,13+/m1/s1. The van der Waals surface area contributed by atoms with Crippen LogP contribution in [0.2, 0.25) is 0 Å². The highest BCUT2D eigenvalue weighted by molar-refractivity contribution is 5.77. The Labute approximate surface area is 99.2 Å². The van der Waals surface area contributed by atoms with Gasteiger partial charge < -0.3 is 9.84 Å². The van der Waals surface area contributed by atoms with Crippen LogP contribution in [-0.4, -0.2) is 23.9 Å². The number of aryl methyl sites for hydroxylation is 1. The molecule has 0 saturated heterocycles. The number of carbonyl (C=O) groups is 1. The Hall–Kier alpha value is -1.42. The summed E-state index contributed by atoms with van der Waals surface area (Å²) >= 11 is 0. The van der Waals surface area contributed by atoms with Crippen molar-refractivity contribution in [3.05, 3.63) is 35.4 Å². The smallest absolute Gasteiger partial charge is 0.344 e. The Bertz CT molecular complexity index is 432. The third kappa shape index (κ3) is 1.93. The highest BCUT2D eigenvalue weighted by atomic mass is 19.1. The molecule has 0 bridgehead atoms. The number of esters is 1. The van der Waals surface area contributed by atoms with Gasteiger partial charge in [0.05, 0.1) is 6.61 Å². The maximum Gasteiger partial charge on any atom is 0.344 e. The monoisotopic (exact) mass is 238 g/mol. The second kappa shape index (κ2) is 4.45. The summed E-state index contributed by atoms with van der Waals surface area (Å²) in [5.41, 5.74) is -0.342.